The van der Waals surface area contributed by atoms with Gasteiger partial charge in [0.25, 0.3) is 5.91 Å². The Kier molecular flexibility index (Phi) is 4.78. The molecule has 0 spiro atoms. The molecule has 0 fully saturated rings. The van der Waals surface area contributed by atoms with Crippen molar-refractivity contribution in [2.75, 3.05) is 5.32 Å². The zero-order valence-corrected chi connectivity index (χ0v) is 15.7. The van der Waals surface area contributed by atoms with Gasteiger partial charge in [-0.15, -0.1) is 0 Å². The molecule has 7 nitrogen and oxygen atoms in total. The van der Waals surface area contributed by atoms with Crippen molar-refractivity contribution in [3.05, 3.63) is 84.8 Å². The summed E-state index contributed by atoms with van der Waals surface area (Å²) in [6.07, 6.45) is 4.61. The van der Waals surface area contributed by atoms with Gasteiger partial charge in [-0.2, -0.15) is 0 Å². The second kappa shape index (κ2) is 7.55. The molecule has 29 heavy (non-hydrogen) atoms. The number of anilines is 1. The van der Waals surface area contributed by atoms with Gasteiger partial charge in [0.15, 0.2) is 0 Å². The first kappa shape index (κ1) is 18.4. The fourth-order valence-electron chi connectivity index (χ4n) is 3.14. The van der Waals surface area contributed by atoms with Crippen LogP contribution >= 0.6 is 0 Å². The predicted molar refractivity (Wildman–Crippen MR) is 108 cm³/mol. The van der Waals surface area contributed by atoms with Gasteiger partial charge in [0.05, 0.1) is 6.20 Å². The van der Waals surface area contributed by atoms with Crippen LogP contribution in [0, 0.1) is 0 Å². The minimum Gasteiger partial charge on any atom is -0.438 e. The summed E-state index contributed by atoms with van der Waals surface area (Å²) in [5.41, 5.74) is 2.43. The van der Waals surface area contributed by atoms with Gasteiger partial charge < -0.3 is 10.1 Å². The second-order valence-electron chi connectivity index (χ2n) is 6.50. The molecule has 0 saturated heterocycles. The Bertz CT molecular complexity index is 1050. The normalized spacial score (nSPS) is 13.8. The van der Waals surface area contributed by atoms with Crippen LogP contribution in [0.2, 0.25) is 0 Å². The lowest BCUT2D eigenvalue weighted by Gasteiger charge is -2.24. The molecule has 7 heteroatoms. The first-order valence-corrected chi connectivity index (χ1v) is 9.01. The summed E-state index contributed by atoms with van der Waals surface area (Å²) in [4.78, 5) is 34.8. The lowest BCUT2D eigenvalue weighted by molar-refractivity contribution is -0.119. The molecule has 1 aliphatic heterocycles. The van der Waals surface area contributed by atoms with Crippen LogP contribution in [-0.2, 0) is 4.79 Å². The van der Waals surface area contributed by atoms with E-state index in [1.54, 1.807) is 49.5 Å². The Labute approximate surface area is 167 Å². The van der Waals surface area contributed by atoms with Gasteiger partial charge in [-0.1, -0.05) is 24.8 Å². The van der Waals surface area contributed by atoms with Crippen LogP contribution in [0.25, 0.3) is 5.70 Å². The molecule has 0 bridgehead atoms. The number of ether oxygens (including phenoxy) is 1. The monoisotopic (exact) mass is 386 g/mol. The number of benzene rings is 2. The zero-order valence-electron chi connectivity index (χ0n) is 15.7. The van der Waals surface area contributed by atoms with Crippen LogP contribution in [0.3, 0.4) is 0 Å². The number of hydrogen-bond acceptors (Lipinski definition) is 5. The van der Waals surface area contributed by atoms with E-state index < -0.39 is 6.04 Å². The second-order valence-corrected chi connectivity index (χ2v) is 6.50. The molecular weight excluding hydrogens is 368 g/mol. The number of nitrogens with zero attached hydrogens (tertiary/aromatic N) is 3. The van der Waals surface area contributed by atoms with Crippen molar-refractivity contribution in [1.82, 2.24) is 14.9 Å². The van der Waals surface area contributed by atoms with Crippen molar-refractivity contribution >= 4 is 23.2 Å². The molecule has 2 heterocycles. The summed E-state index contributed by atoms with van der Waals surface area (Å²) in [7, 11) is 0. The molecule has 1 N–H and O–H groups in total. The summed E-state index contributed by atoms with van der Waals surface area (Å²) < 4.78 is 5.58. The molecule has 0 saturated carbocycles. The van der Waals surface area contributed by atoms with Gasteiger partial charge in [-0.05, 0) is 37.3 Å². The third-order valence-electron chi connectivity index (χ3n) is 4.63. The van der Waals surface area contributed by atoms with E-state index in [4.69, 9.17) is 4.74 Å². The summed E-state index contributed by atoms with van der Waals surface area (Å²) in [5, 5.41) is 2.82. The maximum Gasteiger partial charge on any atom is 0.259 e. The first-order chi connectivity index (χ1) is 14.0. The topological polar surface area (TPSA) is 84.4 Å². The van der Waals surface area contributed by atoms with Crippen LogP contribution in [0.5, 0.6) is 11.6 Å². The fraction of sp³-hybridized carbons (Fsp3) is 0.0909. The lowest BCUT2D eigenvalue weighted by Crippen LogP contribution is -2.41. The van der Waals surface area contributed by atoms with Crippen LogP contribution in [-0.4, -0.2) is 32.7 Å². The Hall–Kier alpha value is -4.00. The molecule has 0 radical (unpaired) electrons. The highest BCUT2D eigenvalue weighted by Crippen LogP contribution is 2.33. The third-order valence-corrected chi connectivity index (χ3v) is 4.63. The average Bonchev–Trinajstić information content (AvgIpc) is 3.00. The van der Waals surface area contributed by atoms with Crippen molar-refractivity contribution < 1.29 is 14.3 Å². The molecule has 3 aromatic rings. The smallest absolute Gasteiger partial charge is 0.259 e. The van der Waals surface area contributed by atoms with Crippen LogP contribution in [0.15, 0.2) is 73.7 Å². The van der Waals surface area contributed by atoms with Crippen molar-refractivity contribution in [3.8, 4) is 11.6 Å². The summed E-state index contributed by atoms with van der Waals surface area (Å²) >= 11 is 0. The van der Waals surface area contributed by atoms with Gasteiger partial charge >= 0.3 is 0 Å². The van der Waals surface area contributed by atoms with Crippen molar-refractivity contribution in [2.24, 2.45) is 0 Å². The molecule has 1 aromatic heterocycles. The van der Waals surface area contributed by atoms with Gasteiger partial charge in [0.2, 0.25) is 11.8 Å². The van der Waals surface area contributed by atoms with Crippen LogP contribution in [0.1, 0.15) is 22.8 Å². The van der Waals surface area contributed by atoms with Crippen molar-refractivity contribution in [1.29, 1.82) is 0 Å². The highest BCUT2D eigenvalue weighted by Gasteiger charge is 2.36. The Morgan fingerprint density at radius 2 is 1.83 bits per heavy atom. The highest BCUT2D eigenvalue weighted by atomic mass is 16.5. The molecule has 4 rings (SSSR count). The number of hydrogen-bond donors (Lipinski definition) is 1. The van der Waals surface area contributed by atoms with Gasteiger partial charge in [-0.25, -0.2) is 4.98 Å². The van der Waals surface area contributed by atoms with Gasteiger partial charge in [0, 0.05) is 34.9 Å². The third kappa shape index (κ3) is 3.58. The maximum atomic E-state index is 12.7. The molecule has 1 aliphatic rings. The summed E-state index contributed by atoms with van der Waals surface area (Å²) in [6.45, 7) is 5.66. The standard InChI is InChI=1S/C22H18N4O3/c1-14-18-5-3-4-6-19(18)22(28)26(14)15(2)21(27)25-16-7-9-17(10-8-16)29-20-13-23-11-12-24-20/h3-13,15H,1H2,2H3,(H,25,27)/t15-/m1/s1. The Morgan fingerprint density at radius 3 is 2.48 bits per heavy atom. The van der Waals surface area contributed by atoms with Crippen molar-refractivity contribution in [3.63, 3.8) is 0 Å². The lowest BCUT2D eigenvalue weighted by atomic mass is 10.1. The van der Waals surface area contributed by atoms with E-state index in [0.717, 1.165) is 5.56 Å². The number of rotatable bonds is 5. The fourth-order valence-corrected chi connectivity index (χ4v) is 3.14. The largest absolute Gasteiger partial charge is 0.438 e. The average molecular weight is 386 g/mol. The van der Waals surface area contributed by atoms with Crippen LogP contribution in [0.4, 0.5) is 5.69 Å². The van der Waals surface area contributed by atoms with Crippen LogP contribution < -0.4 is 10.1 Å². The number of carbonyl (C=O) groups is 2. The Balaban J connectivity index is 1.43. The molecule has 2 aromatic carbocycles. The summed E-state index contributed by atoms with van der Waals surface area (Å²) in [6, 6.07) is 13.4. The first-order valence-electron chi connectivity index (χ1n) is 9.01. The molecule has 1 atom stereocenters. The number of fused-ring (bicyclic) bond motifs is 1. The van der Waals surface area contributed by atoms with E-state index in [-0.39, 0.29) is 11.8 Å². The summed E-state index contributed by atoms with van der Waals surface area (Å²) in [5.74, 6) is 0.412. The molecular formula is C22H18N4O3. The predicted octanol–water partition coefficient (Wildman–Crippen LogP) is 3.72. The van der Waals surface area contributed by atoms with E-state index in [2.05, 4.69) is 21.9 Å². The van der Waals surface area contributed by atoms with E-state index in [1.807, 2.05) is 12.1 Å². The Morgan fingerprint density at radius 1 is 1.10 bits per heavy atom. The molecule has 2 amide bonds. The van der Waals surface area contributed by atoms with E-state index in [1.165, 1.54) is 17.3 Å². The van der Waals surface area contributed by atoms with Gasteiger partial charge in [0.1, 0.15) is 11.8 Å². The minimum atomic E-state index is -0.710. The molecule has 0 unspecified atom stereocenters. The van der Waals surface area contributed by atoms with Crippen molar-refractivity contribution in [2.45, 2.75) is 13.0 Å². The zero-order chi connectivity index (χ0) is 20.4. The SMILES string of the molecule is C=C1c2ccccc2C(=O)N1[C@H](C)C(=O)Nc1ccc(Oc2cnccn2)cc1. The van der Waals surface area contributed by atoms with Gasteiger partial charge in [-0.3, -0.25) is 19.5 Å². The number of amides is 2. The number of aromatic nitrogens is 2. The number of nitrogens with one attached hydrogen (secondary N) is 1. The molecule has 144 valence electrons. The van der Waals surface area contributed by atoms with E-state index >= 15 is 0 Å². The van der Waals surface area contributed by atoms with E-state index in [0.29, 0.717) is 28.6 Å². The molecule has 0 aliphatic carbocycles. The maximum absolute atomic E-state index is 12.7. The van der Waals surface area contributed by atoms with E-state index in [9.17, 15) is 9.59 Å². The quantitative estimate of drug-likeness (QED) is 0.722. The minimum absolute atomic E-state index is 0.221. The highest BCUT2D eigenvalue weighted by molar-refractivity contribution is 6.11. The number of carbonyl (C=O) groups excluding carboxylic acids is 2.